The zero-order chi connectivity index (χ0) is 15.7. The van der Waals surface area contributed by atoms with E-state index in [0.717, 1.165) is 34.5 Å². The van der Waals surface area contributed by atoms with Crippen molar-refractivity contribution in [3.63, 3.8) is 0 Å². The quantitative estimate of drug-likeness (QED) is 0.690. The van der Waals surface area contributed by atoms with E-state index in [0.29, 0.717) is 0 Å². The van der Waals surface area contributed by atoms with Crippen LogP contribution in [0, 0.1) is 5.41 Å². The highest BCUT2D eigenvalue weighted by Gasteiger charge is 2.13. The van der Waals surface area contributed by atoms with Crippen LogP contribution in [0.5, 0.6) is 0 Å². The van der Waals surface area contributed by atoms with Crippen LogP contribution in [0.4, 0.5) is 11.8 Å². The molecule has 0 atom stereocenters. The molecule has 114 valence electrons. The van der Waals surface area contributed by atoms with Crippen LogP contribution in [0.25, 0.3) is 22.2 Å². The highest BCUT2D eigenvalue weighted by Crippen LogP contribution is 2.27. The van der Waals surface area contributed by atoms with Gasteiger partial charge in [0.2, 0.25) is 5.95 Å². The number of H-pyrrole nitrogens is 1. The van der Waals surface area contributed by atoms with E-state index in [2.05, 4.69) is 46.3 Å². The summed E-state index contributed by atoms with van der Waals surface area (Å²) in [5.41, 5.74) is 8.79. The highest BCUT2D eigenvalue weighted by molar-refractivity contribution is 5.92. The molecule has 22 heavy (non-hydrogen) atoms. The zero-order valence-electron chi connectivity index (χ0n) is 13.0. The fourth-order valence-electron chi connectivity index (χ4n) is 2.22. The molecular weight excluding hydrogens is 276 g/mol. The van der Waals surface area contributed by atoms with Crippen LogP contribution < -0.4 is 11.1 Å². The molecule has 0 fully saturated rings. The van der Waals surface area contributed by atoms with Gasteiger partial charge in [0.1, 0.15) is 5.82 Å². The Morgan fingerprint density at radius 2 is 2.00 bits per heavy atom. The molecule has 6 nitrogen and oxygen atoms in total. The Kier molecular flexibility index (Phi) is 3.44. The summed E-state index contributed by atoms with van der Waals surface area (Å²) in [6.45, 7) is 7.32. The third-order valence-corrected chi connectivity index (χ3v) is 3.31. The van der Waals surface area contributed by atoms with Gasteiger partial charge in [0.25, 0.3) is 0 Å². The van der Waals surface area contributed by atoms with E-state index >= 15 is 0 Å². The number of aromatic nitrogens is 4. The number of nitrogen functional groups attached to an aromatic ring is 1. The Labute approximate surface area is 129 Å². The first-order valence-electron chi connectivity index (χ1n) is 7.23. The number of aromatic amines is 1. The first kappa shape index (κ1) is 14.3. The van der Waals surface area contributed by atoms with E-state index in [1.807, 2.05) is 24.3 Å². The minimum atomic E-state index is 0.155. The van der Waals surface area contributed by atoms with Crippen molar-refractivity contribution in [3.05, 3.63) is 30.5 Å². The molecule has 0 bridgehead atoms. The number of nitrogens with one attached hydrogen (secondary N) is 2. The Bertz CT molecular complexity index is 786. The average Bonchev–Trinajstić information content (AvgIpc) is 2.97. The standard InChI is InChI=1S/C16H20N6/c1-16(2,3)9-18-14-11-5-4-10(12-6-7-19-22-12)8-13(11)20-15(17)21-14/h4-8H,9H2,1-3H3,(H,19,22)(H3,17,18,20,21). The Balaban J connectivity index is 2.03. The number of benzene rings is 1. The molecule has 0 unspecified atom stereocenters. The largest absolute Gasteiger partial charge is 0.369 e. The SMILES string of the molecule is CC(C)(C)CNc1nc(N)nc2cc(-c3ccn[nH]3)ccc12. The fraction of sp³-hybridized carbons (Fsp3) is 0.312. The molecule has 0 spiro atoms. The molecule has 3 rings (SSSR count). The summed E-state index contributed by atoms with van der Waals surface area (Å²) in [6.07, 6.45) is 1.73. The van der Waals surface area contributed by atoms with Crippen molar-refractivity contribution in [2.45, 2.75) is 20.8 Å². The molecule has 0 aliphatic carbocycles. The van der Waals surface area contributed by atoms with E-state index < -0.39 is 0 Å². The maximum absolute atomic E-state index is 5.85. The number of anilines is 2. The predicted molar refractivity (Wildman–Crippen MR) is 89.5 cm³/mol. The van der Waals surface area contributed by atoms with E-state index in [-0.39, 0.29) is 11.4 Å². The van der Waals surface area contributed by atoms with Crippen molar-refractivity contribution in [2.24, 2.45) is 5.41 Å². The van der Waals surface area contributed by atoms with E-state index in [4.69, 9.17) is 5.73 Å². The van der Waals surface area contributed by atoms with Gasteiger partial charge in [-0.05, 0) is 23.6 Å². The molecule has 3 aromatic rings. The molecule has 1 aromatic carbocycles. The van der Waals surface area contributed by atoms with Gasteiger partial charge in [0, 0.05) is 23.7 Å². The molecule has 0 aliphatic rings. The van der Waals surface area contributed by atoms with Gasteiger partial charge < -0.3 is 11.1 Å². The fourth-order valence-corrected chi connectivity index (χ4v) is 2.22. The maximum Gasteiger partial charge on any atom is 0.222 e. The minimum absolute atomic E-state index is 0.155. The van der Waals surface area contributed by atoms with Gasteiger partial charge in [0.05, 0.1) is 11.2 Å². The van der Waals surface area contributed by atoms with Crippen molar-refractivity contribution in [2.75, 3.05) is 17.6 Å². The number of fused-ring (bicyclic) bond motifs is 1. The van der Waals surface area contributed by atoms with Crippen molar-refractivity contribution in [1.82, 2.24) is 20.2 Å². The van der Waals surface area contributed by atoms with Crippen LogP contribution in [0.1, 0.15) is 20.8 Å². The molecule has 2 aromatic heterocycles. The lowest BCUT2D eigenvalue weighted by Gasteiger charge is -2.20. The van der Waals surface area contributed by atoms with Crippen molar-refractivity contribution >= 4 is 22.7 Å². The second-order valence-corrected chi connectivity index (χ2v) is 6.55. The normalized spacial score (nSPS) is 11.8. The summed E-state index contributed by atoms with van der Waals surface area (Å²) >= 11 is 0. The molecule has 0 saturated heterocycles. The van der Waals surface area contributed by atoms with Crippen LogP contribution in [0.15, 0.2) is 30.5 Å². The van der Waals surface area contributed by atoms with Gasteiger partial charge in [-0.1, -0.05) is 26.8 Å². The summed E-state index contributed by atoms with van der Waals surface area (Å²) in [5.74, 6) is 1.04. The average molecular weight is 296 g/mol. The summed E-state index contributed by atoms with van der Waals surface area (Å²) < 4.78 is 0. The third-order valence-electron chi connectivity index (χ3n) is 3.31. The second kappa shape index (κ2) is 5.29. The van der Waals surface area contributed by atoms with Gasteiger partial charge in [-0.25, -0.2) is 4.98 Å². The van der Waals surface area contributed by atoms with Gasteiger partial charge in [-0.15, -0.1) is 0 Å². The number of nitrogens with zero attached hydrogens (tertiary/aromatic N) is 3. The highest BCUT2D eigenvalue weighted by atomic mass is 15.1. The molecule has 0 radical (unpaired) electrons. The number of hydrogen-bond donors (Lipinski definition) is 3. The molecular formula is C16H20N6. The van der Waals surface area contributed by atoms with E-state index in [1.165, 1.54) is 0 Å². The first-order chi connectivity index (χ1) is 10.4. The maximum atomic E-state index is 5.85. The van der Waals surface area contributed by atoms with Crippen molar-refractivity contribution in [1.29, 1.82) is 0 Å². The molecule has 6 heteroatoms. The van der Waals surface area contributed by atoms with Crippen LogP contribution in [0.3, 0.4) is 0 Å². The third kappa shape index (κ3) is 3.00. The summed E-state index contributed by atoms with van der Waals surface area (Å²) in [7, 11) is 0. The number of nitrogens with two attached hydrogens (primary N) is 1. The van der Waals surface area contributed by atoms with Crippen LogP contribution >= 0.6 is 0 Å². The molecule has 0 amide bonds. The lowest BCUT2D eigenvalue weighted by Crippen LogP contribution is -2.20. The Hall–Kier alpha value is -2.63. The molecule has 4 N–H and O–H groups in total. The van der Waals surface area contributed by atoms with Gasteiger partial charge in [-0.2, -0.15) is 10.1 Å². The van der Waals surface area contributed by atoms with E-state index in [1.54, 1.807) is 6.20 Å². The lowest BCUT2D eigenvalue weighted by atomic mass is 9.97. The summed E-state index contributed by atoms with van der Waals surface area (Å²) in [5, 5.41) is 11.3. The summed E-state index contributed by atoms with van der Waals surface area (Å²) in [6, 6.07) is 7.95. The van der Waals surface area contributed by atoms with E-state index in [9.17, 15) is 0 Å². The number of hydrogen-bond acceptors (Lipinski definition) is 5. The topological polar surface area (TPSA) is 92.5 Å². The van der Waals surface area contributed by atoms with Gasteiger partial charge >= 0.3 is 0 Å². The van der Waals surface area contributed by atoms with Crippen LogP contribution in [0.2, 0.25) is 0 Å². The smallest absolute Gasteiger partial charge is 0.222 e. The van der Waals surface area contributed by atoms with Crippen LogP contribution in [-0.4, -0.2) is 26.7 Å². The lowest BCUT2D eigenvalue weighted by molar-refractivity contribution is 0.442. The first-order valence-corrected chi connectivity index (χ1v) is 7.23. The van der Waals surface area contributed by atoms with Crippen LogP contribution in [-0.2, 0) is 0 Å². The number of rotatable bonds is 3. The predicted octanol–water partition coefficient (Wildman–Crippen LogP) is 3.06. The minimum Gasteiger partial charge on any atom is -0.369 e. The molecule has 0 saturated carbocycles. The van der Waals surface area contributed by atoms with Crippen molar-refractivity contribution < 1.29 is 0 Å². The monoisotopic (exact) mass is 296 g/mol. The van der Waals surface area contributed by atoms with Gasteiger partial charge in [0.15, 0.2) is 0 Å². The zero-order valence-corrected chi connectivity index (χ0v) is 13.0. The van der Waals surface area contributed by atoms with Crippen molar-refractivity contribution in [3.8, 4) is 11.3 Å². The molecule has 0 aliphatic heterocycles. The second-order valence-electron chi connectivity index (χ2n) is 6.55. The Morgan fingerprint density at radius 1 is 1.18 bits per heavy atom. The molecule has 2 heterocycles. The summed E-state index contributed by atoms with van der Waals surface area (Å²) in [4.78, 5) is 8.68. The van der Waals surface area contributed by atoms with Gasteiger partial charge in [-0.3, -0.25) is 5.10 Å². The Morgan fingerprint density at radius 3 is 2.68 bits per heavy atom.